The molecular formula is C20H19N7O6S2. The quantitative estimate of drug-likeness (QED) is 0.147. The molecule has 0 aliphatic carbocycles. The molecule has 2 aliphatic rings. The molecule has 4 rings (SSSR count). The number of hydrogen-bond acceptors (Lipinski definition) is 11. The molecule has 0 bridgehead atoms. The monoisotopic (exact) mass is 517 g/mol. The van der Waals surface area contributed by atoms with Crippen LogP contribution in [0.3, 0.4) is 0 Å². The number of carboxylic acid groups (broad SMARTS) is 1. The number of primary amides is 1. The zero-order valence-electron chi connectivity index (χ0n) is 18.2. The number of pyridine rings is 1. The predicted octanol–water partition coefficient (Wildman–Crippen LogP) is -2.43. The molecule has 1 saturated heterocycles. The average Bonchev–Trinajstić information content (AvgIpc) is 3.26. The zero-order chi connectivity index (χ0) is 25.3. The Morgan fingerprint density at radius 1 is 1.37 bits per heavy atom. The zero-order valence-corrected chi connectivity index (χ0v) is 19.8. The first-order valence-corrected chi connectivity index (χ1v) is 11.8. The highest BCUT2D eigenvalue weighted by molar-refractivity contribution is 8.00. The van der Waals surface area contributed by atoms with Crippen molar-refractivity contribution in [3.8, 4) is 0 Å². The first-order chi connectivity index (χ1) is 16.7. The second kappa shape index (κ2) is 9.71. The fraction of sp³-hybridized carbons (Fsp3) is 0.250. The molecule has 0 aromatic carbocycles. The maximum Gasteiger partial charge on any atom is 0.276 e. The third kappa shape index (κ3) is 4.67. The van der Waals surface area contributed by atoms with E-state index in [2.05, 4.69) is 14.8 Å². The number of carbonyl (C=O) groups excluding carboxylic acids is 4. The number of thioether (sulfide) groups is 1. The summed E-state index contributed by atoms with van der Waals surface area (Å²) in [5, 5.41) is 17.9. The van der Waals surface area contributed by atoms with Crippen molar-refractivity contribution >= 4 is 57.7 Å². The van der Waals surface area contributed by atoms with Crippen LogP contribution in [0.1, 0.15) is 16.1 Å². The molecule has 2 atom stereocenters. The SMILES string of the molecule is CO/N=C(\C(=O)N[C@@H]1C(=O)N2C(C(=O)[O-])=C(C[n+]3ccc(C(N)=O)cc3)CS[C@@H]12)c1cc(N)sn1. The van der Waals surface area contributed by atoms with Crippen molar-refractivity contribution < 1.29 is 33.7 Å². The molecule has 0 radical (unpaired) electrons. The number of carboxylic acids is 1. The highest BCUT2D eigenvalue weighted by Crippen LogP contribution is 2.40. The fourth-order valence-corrected chi connectivity index (χ4v) is 5.49. The normalized spacial score (nSPS) is 19.6. The van der Waals surface area contributed by atoms with Gasteiger partial charge in [0.05, 0.1) is 17.2 Å². The third-order valence-corrected chi connectivity index (χ3v) is 7.20. The maximum atomic E-state index is 12.9. The smallest absolute Gasteiger partial charge is 0.276 e. The first-order valence-electron chi connectivity index (χ1n) is 10.0. The van der Waals surface area contributed by atoms with Gasteiger partial charge in [-0.3, -0.25) is 19.3 Å². The Morgan fingerprint density at radius 2 is 2.09 bits per heavy atom. The molecule has 0 saturated carbocycles. The summed E-state index contributed by atoms with van der Waals surface area (Å²) in [4.78, 5) is 54.7. The van der Waals surface area contributed by atoms with E-state index in [-0.39, 0.29) is 29.4 Å². The van der Waals surface area contributed by atoms with Gasteiger partial charge in [-0.1, -0.05) is 5.16 Å². The van der Waals surface area contributed by atoms with Gasteiger partial charge in [0.2, 0.25) is 5.91 Å². The minimum atomic E-state index is -1.50. The number of oxime groups is 1. The lowest BCUT2D eigenvalue weighted by molar-refractivity contribution is -0.689. The topological polar surface area (TPSA) is 197 Å². The lowest BCUT2D eigenvalue weighted by atomic mass is 10.0. The predicted molar refractivity (Wildman–Crippen MR) is 122 cm³/mol. The molecule has 4 heterocycles. The number of β-lactam (4-membered cyclic amide) rings is 1. The summed E-state index contributed by atoms with van der Waals surface area (Å²) in [6.07, 6.45) is 3.17. The van der Waals surface area contributed by atoms with Crippen molar-refractivity contribution in [2.75, 3.05) is 18.6 Å². The van der Waals surface area contributed by atoms with Crippen LogP contribution in [0.15, 0.2) is 47.0 Å². The van der Waals surface area contributed by atoms with Gasteiger partial charge in [-0.15, -0.1) is 11.8 Å². The molecule has 13 nitrogen and oxygen atoms in total. The van der Waals surface area contributed by atoms with Gasteiger partial charge in [0.25, 0.3) is 11.8 Å². The number of nitrogen functional groups attached to an aromatic ring is 1. The van der Waals surface area contributed by atoms with Crippen LogP contribution in [0.4, 0.5) is 5.00 Å². The van der Waals surface area contributed by atoms with E-state index in [1.165, 1.54) is 37.1 Å². The van der Waals surface area contributed by atoms with Crippen LogP contribution in [0, 0.1) is 0 Å². The maximum absolute atomic E-state index is 12.9. The van der Waals surface area contributed by atoms with Gasteiger partial charge in [0, 0.05) is 29.5 Å². The summed E-state index contributed by atoms with van der Waals surface area (Å²) in [6.45, 7) is 0.152. The summed E-state index contributed by atoms with van der Waals surface area (Å²) in [6, 6.07) is 3.48. The van der Waals surface area contributed by atoms with Crippen LogP contribution in [-0.4, -0.2) is 63.0 Å². The Balaban J connectivity index is 1.52. The fourth-order valence-electron chi connectivity index (χ4n) is 3.65. The largest absolute Gasteiger partial charge is 0.543 e. The van der Waals surface area contributed by atoms with E-state index in [1.807, 2.05) is 0 Å². The van der Waals surface area contributed by atoms with Gasteiger partial charge in [-0.25, -0.2) is 4.57 Å². The molecule has 3 amide bonds. The van der Waals surface area contributed by atoms with Crippen LogP contribution in [0.2, 0.25) is 0 Å². The van der Waals surface area contributed by atoms with E-state index in [4.69, 9.17) is 16.3 Å². The number of carbonyl (C=O) groups is 4. The Bertz CT molecular complexity index is 1270. The number of aromatic nitrogens is 2. The van der Waals surface area contributed by atoms with Crippen LogP contribution in [-0.2, 0) is 25.8 Å². The van der Waals surface area contributed by atoms with E-state index in [1.54, 1.807) is 17.0 Å². The number of nitrogens with one attached hydrogen (secondary N) is 1. The molecule has 0 spiro atoms. The van der Waals surface area contributed by atoms with Crippen molar-refractivity contribution in [2.24, 2.45) is 10.9 Å². The Hall–Kier alpha value is -3.98. The third-order valence-electron chi connectivity index (χ3n) is 5.24. The van der Waals surface area contributed by atoms with E-state index < -0.39 is 35.1 Å². The van der Waals surface area contributed by atoms with Crippen LogP contribution >= 0.6 is 23.3 Å². The molecule has 15 heteroatoms. The van der Waals surface area contributed by atoms with E-state index in [0.717, 1.165) is 16.4 Å². The number of anilines is 1. The van der Waals surface area contributed by atoms with Crippen LogP contribution in [0.25, 0.3) is 0 Å². The molecule has 2 aliphatic heterocycles. The van der Waals surface area contributed by atoms with Gasteiger partial charge in [-0.05, 0) is 11.5 Å². The molecule has 35 heavy (non-hydrogen) atoms. The van der Waals surface area contributed by atoms with E-state index in [0.29, 0.717) is 16.1 Å². The Kier molecular flexibility index (Phi) is 6.70. The lowest BCUT2D eigenvalue weighted by Gasteiger charge is -2.50. The summed E-state index contributed by atoms with van der Waals surface area (Å²) in [5.41, 5.74) is 11.4. The van der Waals surface area contributed by atoms with Gasteiger partial charge < -0.3 is 31.5 Å². The summed E-state index contributed by atoms with van der Waals surface area (Å²) < 4.78 is 5.69. The molecule has 0 unspecified atom stereocenters. The number of rotatable bonds is 8. The molecular weight excluding hydrogens is 498 g/mol. The summed E-state index contributed by atoms with van der Waals surface area (Å²) in [7, 11) is 1.26. The van der Waals surface area contributed by atoms with Gasteiger partial charge >= 0.3 is 0 Å². The summed E-state index contributed by atoms with van der Waals surface area (Å²) >= 11 is 2.27. The number of amides is 3. The molecule has 1 fully saturated rings. The van der Waals surface area contributed by atoms with E-state index >= 15 is 0 Å². The lowest BCUT2D eigenvalue weighted by Crippen LogP contribution is -2.71. The van der Waals surface area contributed by atoms with Crippen molar-refractivity contribution in [3.63, 3.8) is 0 Å². The molecule has 5 N–H and O–H groups in total. The molecule has 182 valence electrons. The van der Waals surface area contributed by atoms with Crippen molar-refractivity contribution in [1.82, 2.24) is 14.6 Å². The minimum Gasteiger partial charge on any atom is -0.543 e. The Morgan fingerprint density at radius 3 is 2.66 bits per heavy atom. The van der Waals surface area contributed by atoms with Crippen molar-refractivity contribution in [2.45, 2.75) is 18.0 Å². The Labute approximate surface area is 206 Å². The number of nitrogens with zero attached hydrogens (tertiary/aromatic N) is 4. The van der Waals surface area contributed by atoms with Crippen LogP contribution in [0.5, 0.6) is 0 Å². The number of aliphatic carboxylic acids is 1. The standard InChI is InChI=1S/C20H19N7O6S2/c1-33-24-13(11-6-12(21)35-25-11)17(29)23-14-18(30)27-15(20(31)32)10(8-34-19(14)27)7-26-4-2-9(3-5-26)16(22)28/h2-6,14,19H,7-8H2,1H3,(H5-,21,22,23,25,28,29,31,32)/b24-13-/t14-,19+/m1/s1. The molecule has 2 aromatic heterocycles. The minimum absolute atomic E-state index is 0.152. The van der Waals surface area contributed by atoms with Gasteiger partial charge in [0.15, 0.2) is 24.7 Å². The number of fused-ring (bicyclic) bond motifs is 1. The van der Waals surface area contributed by atoms with E-state index in [9.17, 15) is 24.3 Å². The van der Waals surface area contributed by atoms with Gasteiger partial charge in [0.1, 0.15) is 29.2 Å². The summed E-state index contributed by atoms with van der Waals surface area (Å²) in [5.74, 6) is -3.13. The first kappa shape index (κ1) is 24.2. The highest BCUT2D eigenvalue weighted by atomic mass is 32.2. The van der Waals surface area contributed by atoms with Gasteiger partial charge in [-0.2, -0.15) is 4.37 Å². The average molecular weight is 518 g/mol. The number of nitrogens with two attached hydrogens (primary N) is 2. The van der Waals surface area contributed by atoms with Crippen LogP contribution < -0.4 is 26.5 Å². The highest BCUT2D eigenvalue weighted by Gasteiger charge is 2.53. The van der Waals surface area contributed by atoms with Crippen molar-refractivity contribution in [3.05, 3.63) is 53.1 Å². The second-order valence-corrected chi connectivity index (χ2v) is 9.40. The van der Waals surface area contributed by atoms with Crippen molar-refractivity contribution in [1.29, 1.82) is 0 Å². The second-order valence-electron chi connectivity index (χ2n) is 7.46. The molecule has 2 aromatic rings. The number of hydrogen-bond donors (Lipinski definition) is 3.